The molecule has 1 aromatic heterocycles. The van der Waals surface area contributed by atoms with E-state index in [1.54, 1.807) is 0 Å². The van der Waals surface area contributed by atoms with Crippen LogP contribution in [0.2, 0.25) is 0 Å². The molecule has 2 aromatic carbocycles. The van der Waals surface area contributed by atoms with E-state index in [0.717, 1.165) is 22.2 Å². The van der Waals surface area contributed by atoms with Gasteiger partial charge in [0.2, 0.25) is 0 Å². The highest BCUT2D eigenvalue weighted by Gasteiger charge is 2.37. The number of hydrogen-bond donors (Lipinski definition) is 1. The maximum absolute atomic E-state index is 13.2. The number of hydrogen-bond acceptors (Lipinski definition) is 3. The van der Waals surface area contributed by atoms with Gasteiger partial charge in [0.05, 0.1) is 13.7 Å². The van der Waals surface area contributed by atoms with Gasteiger partial charge >= 0.3 is 5.97 Å². The molecule has 2 heterocycles. The van der Waals surface area contributed by atoms with Gasteiger partial charge in [-0.2, -0.15) is 0 Å². The number of carbonyl (C=O) groups is 2. The fourth-order valence-electron chi connectivity index (χ4n) is 3.53. The number of ether oxygens (including phenoxy) is 1. The van der Waals surface area contributed by atoms with Gasteiger partial charge in [-0.3, -0.25) is 4.79 Å². The Morgan fingerprint density at radius 2 is 1.88 bits per heavy atom. The molecule has 3 aromatic rings. The number of aromatic nitrogens is 1. The Morgan fingerprint density at radius 3 is 2.62 bits per heavy atom. The zero-order chi connectivity index (χ0) is 18.3. The van der Waals surface area contributed by atoms with Crippen molar-refractivity contribution in [3.8, 4) is 0 Å². The van der Waals surface area contributed by atoms with Gasteiger partial charge in [-0.25, -0.2) is 9.18 Å². The highest BCUT2D eigenvalue weighted by Crippen LogP contribution is 2.31. The number of fused-ring (bicyclic) bond motifs is 3. The van der Waals surface area contributed by atoms with Crippen LogP contribution >= 0.6 is 0 Å². The first kappa shape index (κ1) is 16.3. The fraction of sp³-hybridized carbons (Fsp3) is 0.200. The minimum Gasteiger partial charge on any atom is -0.467 e. The number of nitrogens with one attached hydrogen (secondary N) is 1. The van der Waals surface area contributed by atoms with E-state index in [1.807, 2.05) is 24.3 Å². The number of H-pyrrole nitrogens is 1. The Bertz CT molecular complexity index is 994. The molecule has 0 saturated carbocycles. The molecule has 6 heteroatoms. The summed E-state index contributed by atoms with van der Waals surface area (Å²) in [6.07, 6.45) is 0.374. The zero-order valence-corrected chi connectivity index (χ0v) is 14.2. The summed E-state index contributed by atoms with van der Waals surface area (Å²) in [5, 5.41) is 1.05. The Hall–Kier alpha value is -3.15. The topological polar surface area (TPSA) is 62.4 Å². The van der Waals surface area contributed by atoms with Crippen molar-refractivity contribution in [2.24, 2.45) is 0 Å². The van der Waals surface area contributed by atoms with Crippen molar-refractivity contribution < 1.29 is 18.7 Å². The molecule has 1 atom stereocenters. The quantitative estimate of drug-likeness (QED) is 0.721. The van der Waals surface area contributed by atoms with Crippen molar-refractivity contribution in [3.05, 3.63) is 71.2 Å². The van der Waals surface area contributed by atoms with Gasteiger partial charge in [0.25, 0.3) is 5.91 Å². The highest BCUT2D eigenvalue weighted by molar-refractivity contribution is 5.98. The van der Waals surface area contributed by atoms with E-state index < -0.39 is 17.8 Å². The molecule has 1 aliphatic rings. The second kappa shape index (κ2) is 6.29. The Kier molecular flexibility index (Phi) is 3.95. The van der Waals surface area contributed by atoms with E-state index in [4.69, 9.17) is 4.74 Å². The van der Waals surface area contributed by atoms with E-state index in [1.165, 1.54) is 36.3 Å². The molecule has 1 amide bonds. The first-order chi connectivity index (χ1) is 12.6. The number of amides is 1. The molecule has 0 spiro atoms. The third-order valence-corrected chi connectivity index (χ3v) is 4.83. The largest absolute Gasteiger partial charge is 0.467 e. The van der Waals surface area contributed by atoms with Gasteiger partial charge in [0, 0.05) is 28.6 Å². The summed E-state index contributed by atoms with van der Waals surface area (Å²) in [5.41, 5.74) is 3.23. The van der Waals surface area contributed by atoms with Crippen molar-refractivity contribution >= 4 is 22.8 Å². The van der Waals surface area contributed by atoms with Crippen molar-refractivity contribution in [3.63, 3.8) is 0 Å². The molecule has 132 valence electrons. The number of esters is 1. The first-order valence-electron chi connectivity index (χ1n) is 8.31. The monoisotopic (exact) mass is 352 g/mol. The van der Waals surface area contributed by atoms with Crippen molar-refractivity contribution in [1.82, 2.24) is 9.88 Å². The van der Waals surface area contributed by atoms with Crippen LogP contribution in [0.4, 0.5) is 4.39 Å². The van der Waals surface area contributed by atoms with Gasteiger partial charge in [-0.05, 0) is 35.9 Å². The average molecular weight is 352 g/mol. The zero-order valence-electron chi connectivity index (χ0n) is 14.2. The average Bonchev–Trinajstić information content (AvgIpc) is 3.04. The molecule has 1 aliphatic heterocycles. The number of halogens is 1. The fourth-order valence-corrected chi connectivity index (χ4v) is 3.53. The van der Waals surface area contributed by atoms with Crippen molar-refractivity contribution in [1.29, 1.82) is 0 Å². The predicted octanol–water partition coefficient (Wildman–Crippen LogP) is 3.05. The van der Waals surface area contributed by atoms with Gasteiger partial charge in [-0.1, -0.05) is 18.2 Å². The Balaban J connectivity index is 1.76. The number of nitrogens with zero attached hydrogens (tertiary/aromatic N) is 1. The molecular formula is C20H17FN2O3. The minimum atomic E-state index is -0.718. The molecule has 1 unspecified atom stereocenters. The molecule has 0 bridgehead atoms. The lowest BCUT2D eigenvalue weighted by Crippen LogP contribution is -2.49. The normalized spacial score (nSPS) is 16.4. The lowest BCUT2D eigenvalue weighted by molar-refractivity contribution is -0.146. The van der Waals surface area contributed by atoms with E-state index in [2.05, 4.69) is 4.98 Å². The third-order valence-electron chi connectivity index (χ3n) is 4.83. The van der Waals surface area contributed by atoms with Crippen LogP contribution < -0.4 is 0 Å². The Labute approximate surface area is 149 Å². The number of methoxy groups -OCH3 is 1. The third kappa shape index (κ3) is 2.63. The number of rotatable bonds is 2. The lowest BCUT2D eigenvalue weighted by atomic mass is 9.95. The molecule has 0 radical (unpaired) electrons. The lowest BCUT2D eigenvalue weighted by Gasteiger charge is -2.34. The standard InChI is InChI=1S/C20H17FN2O3/c1-26-20(25)18-10-15-14-4-2-3-5-16(14)22-17(15)11-23(18)19(24)12-6-8-13(21)9-7-12/h2-9,18,22H,10-11H2,1H3. The number of para-hydroxylation sites is 1. The van der Waals surface area contributed by atoms with Crippen LogP contribution in [-0.2, 0) is 22.5 Å². The summed E-state index contributed by atoms with van der Waals surface area (Å²) in [7, 11) is 1.31. The summed E-state index contributed by atoms with van der Waals surface area (Å²) in [6, 6.07) is 12.4. The SMILES string of the molecule is COC(=O)C1Cc2c([nH]c3ccccc23)CN1C(=O)c1ccc(F)cc1. The van der Waals surface area contributed by atoms with Crippen LogP contribution in [0.25, 0.3) is 10.9 Å². The second-order valence-electron chi connectivity index (χ2n) is 6.31. The van der Waals surface area contributed by atoms with Gasteiger partial charge in [-0.15, -0.1) is 0 Å². The summed E-state index contributed by atoms with van der Waals surface area (Å²) >= 11 is 0. The molecular weight excluding hydrogens is 335 g/mol. The summed E-state index contributed by atoms with van der Waals surface area (Å²) in [4.78, 5) is 30.1. The molecule has 1 N–H and O–H groups in total. The molecule has 0 saturated heterocycles. The van der Waals surface area contributed by atoms with E-state index in [-0.39, 0.29) is 12.5 Å². The molecule has 26 heavy (non-hydrogen) atoms. The van der Waals surface area contributed by atoms with Crippen molar-refractivity contribution in [2.45, 2.75) is 19.0 Å². The maximum atomic E-state index is 13.2. The van der Waals surface area contributed by atoms with Crippen molar-refractivity contribution in [2.75, 3.05) is 7.11 Å². The first-order valence-corrected chi connectivity index (χ1v) is 8.31. The number of benzene rings is 2. The molecule has 4 rings (SSSR count). The minimum absolute atomic E-state index is 0.264. The van der Waals surface area contributed by atoms with E-state index >= 15 is 0 Å². The molecule has 0 aliphatic carbocycles. The van der Waals surface area contributed by atoms with Crippen LogP contribution in [0.1, 0.15) is 21.6 Å². The maximum Gasteiger partial charge on any atom is 0.328 e. The van der Waals surface area contributed by atoms with Crippen LogP contribution in [0.15, 0.2) is 48.5 Å². The van der Waals surface area contributed by atoms with E-state index in [0.29, 0.717) is 12.0 Å². The van der Waals surface area contributed by atoms with Gasteiger partial charge in [0.15, 0.2) is 0 Å². The van der Waals surface area contributed by atoms with Gasteiger partial charge < -0.3 is 14.6 Å². The number of carbonyl (C=O) groups excluding carboxylic acids is 2. The van der Waals surface area contributed by atoms with Gasteiger partial charge in [0.1, 0.15) is 11.9 Å². The van der Waals surface area contributed by atoms with Crippen LogP contribution in [-0.4, -0.2) is 34.9 Å². The highest BCUT2D eigenvalue weighted by atomic mass is 19.1. The van der Waals surface area contributed by atoms with E-state index in [9.17, 15) is 14.0 Å². The van der Waals surface area contributed by atoms with Crippen LogP contribution in [0.5, 0.6) is 0 Å². The smallest absolute Gasteiger partial charge is 0.328 e. The van der Waals surface area contributed by atoms with Crippen LogP contribution in [0.3, 0.4) is 0 Å². The van der Waals surface area contributed by atoms with Crippen LogP contribution in [0, 0.1) is 5.82 Å². The second-order valence-corrected chi connectivity index (χ2v) is 6.31. The summed E-state index contributed by atoms with van der Waals surface area (Å²) in [6.45, 7) is 0.264. The number of aromatic amines is 1. The summed E-state index contributed by atoms with van der Waals surface area (Å²) < 4.78 is 18.1. The molecule has 5 nitrogen and oxygen atoms in total. The summed E-state index contributed by atoms with van der Waals surface area (Å²) in [5.74, 6) is -1.20. The molecule has 0 fully saturated rings. The predicted molar refractivity (Wildman–Crippen MR) is 94.1 cm³/mol. The Morgan fingerprint density at radius 1 is 1.15 bits per heavy atom.